The third-order valence-corrected chi connectivity index (χ3v) is 7.09. The predicted molar refractivity (Wildman–Crippen MR) is 157 cm³/mol. The highest BCUT2D eigenvalue weighted by molar-refractivity contribution is 5.91. The smallest absolute Gasteiger partial charge is 0.339 e. The molecule has 0 aliphatic heterocycles. The molecule has 0 saturated heterocycles. The van der Waals surface area contributed by atoms with Crippen molar-refractivity contribution < 1.29 is 19.4 Å². The molecule has 40 heavy (non-hydrogen) atoms. The van der Waals surface area contributed by atoms with Crippen LogP contribution in [-0.4, -0.2) is 40.0 Å². The molecule has 0 unspecified atom stereocenters. The normalized spacial score (nSPS) is 10.9. The van der Waals surface area contributed by atoms with Gasteiger partial charge < -0.3 is 19.3 Å². The summed E-state index contributed by atoms with van der Waals surface area (Å²) in [4.78, 5) is 26.7. The number of rotatable bonds is 11. The van der Waals surface area contributed by atoms with Crippen LogP contribution in [0.1, 0.15) is 32.6 Å². The Kier molecular flexibility index (Phi) is 8.26. The number of nitrogens with zero attached hydrogens (tertiary/aromatic N) is 2. The van der Waals surface area contributed by atoms with Gasteiger partial charge in [-0.3, -0.25) is 4.79 Å². The summed E-state index contributed by atoms with van der Waals surface area (Å²) in [7, 11) is 1.85. The minimum Gasteiger partial charge on any atom is -0.488 e. The van der Waals surface area contributed by atoms with Gasteiger partial charge in [-0.25, -0.2) is 4.79 Å². The van der Waals surface area contributed by atoms with Gasteiger partial charge in [-0.2, -0.15) is 0 Å². The number of hydrogen-bond donors (Lipinski definition) is 1. The highest BCUT2D eigenvalue weighted by atomic mass is 16.5. The number of para-hydroxylation sites is 1. The van der Waals surface area contributed by atoms with Crippen molar-refractivity contribution in [2.45, 2.75) is 26.0 Å². The molecule has 0 aliphatic carbocycles. The minimum absolute atomic E-state index is 0.0469. The highest BCUT2D eigenvalue weighted by Crippen LogP contribution is 2.27. The van der Waals surface area contributed by atoms with E-state index in [0.29, 0.717) is 18.7 Å². The summed E-state index contributed by atoms with van der Waals surface area (Å²) in [5.41, 5.74) is 5.29. The first-order chi connectivity index (χ1) is 19.5. The van der Waals surface area contributed by atoms with Crippen LogP contribution < -0.4 is 4.74 Å². The van der Waals surface area contributed by atoms with Gasteiger partial charge in [0.2, 0.25) is 5.91 Å². The molecule has 0 fully saturated rings. The van der Waals surface area contributed by atoms with Crippen LogP contribution in [0.4, 0.5) is 0 Å². The molecule has 0 atom stereocenters. The molecule has 1 aromatic heterocycles. The average Bonchev–Trinajstić information content (AvgIpc) is 3.32. The van der Waals surface area contributed by atoms with E-state index in [1.165, 1.54) is 5.56 Å². The number of ether oxygens (including phenoxy) is 1. The van der Waals surface area contributed by atoms with E-state index in [1.54, 1.807) is 17.0 Å². The van der Waals surface area contributed by atoms with E-state index in [2.05, 4.69) is 18.2 Å². The molecule has 6 nitrogen and oxygen atoms in total. The molecule has 0 aliphatic rings. The monoisotopic (exact) mass is 532 g/mol. The Balaban J connectivity index is 1.33. The fourth-order valence-corrected chi connectivity index (χ4v) is 4.86. The number of aromatic carboxylic acids is 1. The van der Waals surface area contributed by atoms with Crippen LogP contribution >= 0.6 is 0 Å². The summed E-state index contributed by atoms with van der Waals surface area (Å²) in [6.45, 7) is 1.18. The zero-order chi connectivity index (χ0) is 27.9. The van der Waals surface area contributed by atoms with Gasteiger partial charge in [-0.1, -0.05) is 84.9 Å². The summed E-state index contributed by atoms with van der Waals surface area (Å²) in [6.07, 6.45) is 3.41. The number of amides is 1. The maximum atomic E-state index is 13.1. The van der Waals surface area contributed by atoms with E-state index in [0.717, 1.165) is 34.0 Å². The second-order valence-electron chi connectivity index (χ2n) is 9.94. The van der Waals surface area contributed by atoms with Crippen LogP contribution in [0.5, 0.6) is 5.75 Å². The quantitative estimate of drug-likeness (QED) is 0.220. The number of fused-ring (bicyclic) bond motifs is 1. The molecule has 4 aromatic carbocycles. The Morgan fingerprint density at radius 3 is 2.23 bits per heavy atom. The molecule has 1 N–H and O–H groups in total. The molecule has 1 amide bonds. The van der Waals surface area contributed by atoms with E-state index in [9.17, 15) is 14.7 Å². The van der Waals surface area contributed by atoms with Crippen molar-refractivity contribution >= 4 is 22.8 Å². The second-order valence-corrected chi connectivity index (χ2v) is 9.94. The van der Waals surface area contributed by atoms with Gasteiger partial charge in [0, 0.05) is 30.7 Å². The second kappa shape index (κ2) is 12.3. The number of hydrogen-bond acceptors (Lipinski definition) is 3. The predicted octanol–water partition coefficient (Wildman–Crippen LogP) is 6.21. The molecule has 0 radical (unpaired) electrons. The van der Waals surface area contributed by atoms with Crippen LogP contribution in [-0.2, 0) is 30.8 Å². The third-order valence-electron chi connectivity index (χ3n) is 7.09. The van der Waals surface area contributed by atoms with Gasteiger partial charge in [0.15, 0.2) is 0 Å². The first-order valence-corrected chi connectivity index (χ1v) is 13.4. The lowest BCUT2D eigenvalue weighted by Crippen LogP contribution is -2.31. The lowest BCUT2D eigenvalue weighted by molar-refractivity contribution is -0.130. The van der Waals surface area contributed by atoms with E-state index in [-0.39, 0.29) is 24.6 Å². The Bertz CT molecular complexity index is 1610. The number of carboxylic acid groups (broad SMARTS) is 1. The lowest BCUT2D eigenvalue weighted by atomic mass is 10.0. The van der Waals surface area contributed by atoms with Crippen LogP contribution in [0.25, 0.3) is 10.9 Å². The summed E-state index contributed by atoms with van der Waals surface area (Å²) < 4.78 is 7.96. The molecule has 6 heteroatoms. The summed E-state index contributed by atoms with van der Waals surface area (Å²) >= 11 is 0. The molecule has 5 aromatic rings. The Labute approximate surface area is 234 Å². The zero-order valence-electron chi connectivity index (χ0n) is 22.5. The van der Waals surface area contributed by atoms with Gasteiger partial charge in [0.05, 0.1) is 0 Å². The van der Waals surface area contributed by atoms with Crippen LogP contribution in [0, 0.1) is 0 Å². The maximum Gasteiger partial charge on any atom is 0.339 e. The Morgan fingerprint density at radius 2 is 1.50 bits per heavy atom. The number of aromatic nitrogens is 1. The Hall–Kier alpha value is -4.84. The van der Waals surface area contributed by atoms with E-state index in [4.69, 9.17) is 4.74 Å². The minimum atomic E-state index is -1.03. The topological polar surface area (TPSA) is 71.8 Å². The fraction of sp³-hybridized carbons (Fsp3) is 0.176. The van der Waals surface area contributed by atoms with Crippen molar-refractivity contribution in [3.05, 3.63) is 137 Å². The molecular weight excluding hydrogens is 500 g/mol. The van der Waals surface area contributed by atoms with Crippen molar-refractivity contribution in [3.63, 3.8) is 0 Å². The first kappa shape index (κ1) is 26.8. The van der Waals surface area contributed by atoms with Crippen molar-refractivity contribution in [3.8, 4) is 5.75 Å². The van der Waals surface area contributed by atoms with Gasteiger partial charge in [-0.05, 0) is 53.3 Å². The Morgan fingerprint density at radius 1 is 0.825 bits per heavy atom. The van der Waals surface area contributed by atoms with Crippen molar-refractivity contribution in [1.29, 1.82) is 0 Å². The number of benzene rings is 4. The SMILES string of the molecule is CN(CCc1ccccc1)C(=O)Cn1cc(Cc2ccc(C(=O)O)c(OCc3ccccc3)c2)c2ccccc21. The molecular formula is C34H32N2O4. The van der Waals surface area contributed by atoms with E-state index < -0.39 is 5.97 Å². The van der Waals surface area contributed by atoms with Crippen LogP contribution in [0.2, 0.25) is 0 Å². The summed E-state index contributed by atoms with van der Waals surface area (Å²) in [5, 5.41) is 10.8. The number of carbonyl (C=O) groups is 2. The van der Waals surface area contributed by atoms with E-state index in [1.807, 2.05) is 90.6 Å². The van der Waals surface area contributed by atoms with Crippen LogP contribution in [0.15, 0.2) is 109 Å². The van der Waals surface area contributed by atoms with Gasteiger partial charge in [0.1, 0.15) is 24.5 Å². The first-order valence-electron chi connectivity index (χ1n) is 13.4. The fourth-order valence-electron chi connectivity index (χ4n) is 4.86. The highest BCUT2D eigenvalue weighted by Gasteiger charge is 2.16. The average molecular weight is 533 g/mol. The van der Waals surface area contributed by atoms with Gasteiger partial charge in [-0.15, -0.1) is 0 Å². The molecule has 1 heterocycles. The van der Waals surface area contributed by atoms with Gasteiger partial charge >= 0.3 is 5.97 Å². The number of carbonyl (C=O) groups excluding carboxylic acids is 1. The van der Waals surface area contributed by atoms with Crippen molar-refractivity contribution in [2.24, 2.45) is 0 Å². The zero-order valence-corrected chi connectivity index (χ0v) is 22.5. The number of carboxylic acids is 1. The van der Waals surface area contributed by atoms with Crippen molar-refractivity contribution in [1.82, 2.24) is 9.47 Å². The molecule has 0 saturated carbocycles. The lowest BCUT2D eigenvalue weighted by Gasteiger charge is -2.18. The maximum absolute atomic E-state index is 13.1. The largest absolute Gasteiger partial charge is 0.488 e. The standard InChI is InChI=1S/C34H32N2O4/c1-35(19-18-25-10-4-2-5-11-25)33(37)23-36-22-28(29-14-8-9-15-31(29)36)20-27-16-17-30(34(38)39)32(21-27)40-24-26-12-6-3-7-13-26/h2-17,21-22H,18-20,23-24H2,1H3,(H,38,39). The summed E-state index contributed by atoms with van der Waals surface area (Å²) in [5.74, 6) is -0.639. The third kappa shape index (κ3) is 6.41. The molecule has 0 bridgehead atoms. The molecule has 202 valence electrons. The van der Waals surface area contributed by atoms with E-state index >= 15 is 0 Å². The number of likely N-dealkylation sites (N-methyl/N-ethyl adjacent to an activating group) is 1. The molecule has 5 rings (SSSR count). The van der Waals surface area contributed by atoms with Crippen LogP contribution in [0.3, 0.4) is 0 Å². The van der Waals surface area contributed by atoms with Gasteiger partial charge in [0.25, 0.3) is 0 Å². The molecule has 0 spiro atoms. The van der Waals surface area contributed by atoms with Crippen molar-refractivity contribution in [2.75, 3.05) is 13.6 Å². The summed E-state index contributed by atoms with van der Waals surface area (Å²) in [6, 6.07) is 33.1.